The fourth-order valence-electron chi connectivity index (χ4n) is 2.53. The van der Waals surface area contributed by atoms with Crippen molar-refractivity contribution in [1.29, 1.82) is 5.26 Å². The normalized spacial score (nSPS) is 11.6. The number of aromatic nitrogens is 2. The second-order valence-corrected chi connectivity index (χ2v) is 6.99. The summed E-state index contributed by atoms with van der Waals surface area (Å²) >= 11 is 1.13. The molecular formula is C19H22F3N7O2S. The van der Waals surface area contributed by atoms with E-state index in [1.165, 1.54) is 6.07 Å². The third-order valence-electron chi connectivity index (χ3n) is 3.96. The molecule has 0 unspecified atom stereocenters. The predicted molar refractivity (Wildman–Crippen MR) is 116 cm³/mol. The quantitative estimate of drug-likeness (QED) is 0.339. The number of alkyl halides is 3. The molecule has 0 aliphatic carbocycles. The smallest absolute Gasteiger partial charge is 0.370 e. The number of nitriles is 1. The van der Waals surface area contributed by atoms with E-state index < -0.39 is 29.6 Å². The highest BCUT2D eigenvalue weighted by Gasteiger charge is 2.31. The number of nitrogens with one attached hydrogen (secondary N) is 2. The van der Waals surface area contributed by atoms with Gasteiger partial charge in [-0.25, -0.2) is 4.98 Å². The molecule has 0 radical (unpaired) electrons. The summed E-state index contributed by atoms with van der Waals surface area (Å²) in [6.07, 6.45) is -3.23. The molecule has 9 nitrogen and oxygen atoms in total. The van der Waals surface area contributed by atoms with Gasteiger partial charge >= 0.3 is 6.18 Å². The van der Waals surface area contributed by atoms with Crippen LogP contribution < -0.4 is 22.1 Å². The number of anilines is 3. The molecule has 0 saturated carbocycles. The van der Waals surface area contributed by atoms with Crippen molar-refractivity contribution in [2.45, 2.75) is 37.5 Å². The molecule has 0 fully saturated rings. The highest BCUT2D eigenvalue weighted by Crippen LogP contribution is 2.31. The van der Waals surface area contributed by atoms with Crippen LogP contribution >= 0.6 is 11.8 Å². The number of nitrogens with two attached hydrogens (primary N) is 2. The Kier molecular flexibility index (Phi) is 9.27. The first-order valence-electron chi connectivity index (χ1n) is 8.69. The molecular weight excluding hydrogens is 447 g/mol. The number of carbonyl (C=O) groups excluding carboxylic acids is 2. The van der Waals surface area contributed by atoms with Crippen LogP contribution in [0.25, 0.3) is 0 Å². The van der Waals surface area contributed by atoms with Crippen LogP contribution in [0.5, 0.6) is 0 Å². The number of nitrogens with zero attached hydrogens (tertiary/aromatic N) is 3. The maximum atomic E-state index is 12.9. The Hall–Kier alpha value is -3.53. The number of thioether (sulfide) groups is 1. The van der Waals surface area contributed by atoms with Crippen LogP contribution in [-0.4, -0.2) is 34.1 Å². The van der Waals surface area contributed by atoms with Gasteiger partial charge in [-0.05, 0) is 30.9 Å². The molecule has 0 saturated heterocycles. The molecule has 0 spiro atoms. The Morgan fingerprint density at radius 2 is 2.00 bits per heavy atom. The van der Waals surface area contributed by atoms with E-state index in [1.807, 2.05) is 6.07 Å². The van der Waals surface area contributed by atoms with Gasteiger partial charge in [-0.15, -0.1) is 11.8 Å². The third kappa shape index (κ3) is 7.02. The molecule has 0 aliphatic rings. The van der Waals surface area contributed by atoms with Crippen molar-refractivity contribution in [2.75, 3.05) is 22.6 Å². The van der Waals surface area contributed by atoms with Crippen molar-refractivity contribution >= 4 is 41.0 Å². The van der Waals surface area contributed by atoms with Crippen LogP contribution in [0.4, 0.5) is 30.6 Å². The van der Waals surface area contributed by atoms with Gasteiger partial charge in [0.25, 0.3) is 0 Å². The average molecular weight is 469 g/mol. The highest BCUT2D eigenvalue weighted by molar-refractivity contribution is 7.98. The molecule has 1 atom stereocenters. The number of benzene rings is 1. The van der Waals surface area contributed by atoms with Crippen LogP contribution in [0.15, 0.2) is 29.3 Å². The standard InChI is InChI=1S/C18H18F3N7O2S.CH4/c1-31-16-11(8-22)14(27-17(24)28-16)26-12(5-6-13(23)29)15(30)25-10-4-2-3-9(7-10)18(19,20)21;/h2-4,7,12H,5-6H2,1H3,(H2,23,29)(H,25,30)(H3,24,26,27,28);1H4/t12-;/m0./s1. The van der Waals surface area contributed by atoms with E-state index >= 15 is 0 Å². The number of halogens is 3. The lowest BCUT2D eigenvalue weighted by atomic mass is 10.1. The summed E-state index contributed by atoms with van der Waals surface area (Å²) in [5, 5.41) is 14.8. The summed E-state index contributed by atoms with van der Waals surface area (Å²) in [4.78, 5) is 31.8. The maximum absolute atomic E-state index is 12.9. The Labute approximate surface area is 186 Å². The largest absolute Gasteiger partial charge is 0.416 e. The lowest BCUT2D eigenvalue weighted by Gasteiger charge is -2.20. The van der Waals surface area contributed by atoms with Crippen LogP contribution in [0.1, 0.15) is 31.4 Å². The van der Waals surface area contributed by atoms with Crippen molar-refractivity contribution < 1.29 is 22.8 Å². The Morgan fingerprint density at radius 1 is 1.31 bits per heavy atom. The van der Waals surface area contributed by atoms with Gasteiger partial charge in [-0.1, -0.05) is 13.5 Å². The Bertz CT molecular complexity index is 1020. The fraction of sp³-hybridized carbons (Fsp3) is 0.316. The summed E-state index contributed by atoms with van der Waals surface area (Å²) in [7, 11) is 0. The molecule has 1 heterocycles. The van der Waals surface area contributed by atoms with Gasteiger partial charge in [0.2, 0.25) is 17.8 Å². The third-order valence-corrected chi connectivity index (χ3v) is 4.64. The van der Waals surface area contributed by atoms with E-state index in [0.29, 0.717) is 0 Å². The zero-order valence-corrected chi connectivity index (χ0v) is 17.0. The molecule has 0 bridgehead atoms. The Morgan fingerprint density at radius 3 is 2.56 bits per heavy atom. The van der Waals surface area contributed by atoms with E-state index in [1.54, 1.807) is 6.26 Å². The summed E-state index contributed by atoms with van der Waals surface area (Å²) in [5.74, 6) is -1.65. The Balaban J connectivity index is 0.00000512. The van der Waals surface area contributed by atoms with Crippen molar-refractivity contribution in [3.05, 3.63) is 35.4 Å². The first-order valence-corrected chi connectivity index (χ1v) is 9.92. The van der Waals surface area contributed by atoms with Crippen LogP contribution in [-0.2, 0) is 15.8 Å². The number of nitrogen functional groups attached to an aromatic ring is 1. The number of rotatable bonds is 8. The molecule has 1 aromatic heterocycles. The molecule has 2 aromatic rings. The molecule has 6 N–H and O–H groups in total. The van der Waals surface area contributed by atoms with Gasteiger partial charge in [0, 0.05) is 12.1 Å². The molecule has 2 amide bonds. The SMILES string of the molecule is C.CSc1nc(N)nc(N[C@@H](CCC(N)=O)C(=O)Nc2cccc(C(F)(F)F)c2)c1C#N. The molecule has 1 aromatic carbocycles. The number of carbonyl (C=O) groups is 2. The minimum Gasteiger partial charge on any atom is -0.370 e. The molecule has 2 rings (SSSR count). The summed E-state index contributed by atoms with van der Waals surface area (Å²) in [5.41, 5.74) is 9.79. The zero-order valence-electron chi connectivity index (χ0n) is 16.2. The fourth-order valence-corrected chi connectivity index (χ4v) is 3.06. The zero-order chi connectivity index (χ0) is 23.2. The van der Waals surface area contributed by atoms with Gasteiger partial charge in [0.15, 0.2) is 5.82 Å². The topological polar surface area (TPSA) is 160 Å². The lowest BCUT2D eigenvalue weighted by Crippen LogP contribution is -2.36. The summed E-state index contributed by atoms with van der Waals surface area (Å²) in [6.45, 7) is 0. The minimum atomic E-state index is -4.58. The summed E-state index contributed by atoms with van der Waals surface area (Å²) in [6, 6.07) is 4.83. The van der Waals surface area contributed by atoms with Crippen LogP contribution in [0.2, 0.25) is 0 Å². The van der Waals surface area contributed by atoms with Crippen molar-refractivity contribution in [3.63, 3.8) is 0 Å². The van der Waals surface area contributed by atoms with Gasteiger partial charge in [0.1, 0.15) is 22.7 Å². The molecule has 172 valence electrons. The van der Waals surface area contributed by atoms with E-state index in [4.69, 9.17) is 11.5 Å². The van der Waals surface area contributed by atoms with Gasteiger partial charge in [0.05, 0.1) is 5.56 Å². The first-order chi connectivity index (χ1) is 14.5. The van der Waals surface area contributed by atoms with E-state index in [0.717, 1.165) is 30.0 Å². The van der Waals surface area contributed by atoms with Crippen LogP contribution in [0.3, 0.4) is 0 Å². The van der Waals surface area contributed by atoms with E-state index in [2.05, 4.69) is 20.6 Å². The van der Waals surface area contributed by atoms with Crippen molar-refractivity contribution in [2.24, 2.45) is 5.73 Å². The number of hydrogen-bond acceptors (Lipinski definition) is 8. The maximum Gasteiger partial charge on any atom is 0.416 e. The predicted octanol–water partition coefficient (Wildman–Crippen LogP) is 2.99. The summed E-state index contributed by atoms with van der Waals surface area (Å²) < 4.78 is 38.8. The second-order valence-electron chi connectivity index (χ2n) is 6.20. The molecule has 13 heteroatoms. The van der Waals surface area contributed by atoms with Gasteiger partial charge in [-0.3, -0.25) is 9.59 Å². The van der Waals surface area contributed by atoms with Crippen molar-refractivity contribution in [1.82, 2.24) is 9.97 Å². The van der Waals surface area contributed by atoms with Gasteiger partial charge < -0.3 is 22.1 Å². The van der Waals surface area contributed by atoms with E-state index in [-0.39, 0.29) is 48.3 Å². The lowest BCUT2D eigenvalue weighted by molar-refractivity contribution is -0.137. The monoisotopic (exact) mass is 469 g/mol. The molecule has 32 heavy (non-hydrogen) atoms. The van der Waals surface area contributed by atoms with Gasteiger partial charge in [-0.2, -0.15) is 23.4 Å². The average Bonchev–Trinajstić information content (AvgIpc) is 2.69. The first kappa shape index (κ1) is 26.5. The number of amides is 2. The number of hydrogen-bond donors (Lipinski definition) is 4. The second kappa shape index (κ2) is 11.2. The number of primary amides is 1. The van der Waals surface area contributed by atoms with Crippen molar-refractivity contribution in [3.8, 4) is 6.07 Å². The van der Waals surface area contributed by atoms with E-state index in [9.17, 15) is 28.0 Å². The minimum absolute atomic E-state index is 0. The highest BCUT2D eigenvalue weighted by atomic mass is 32.2. The molecule has 0 aliphatic heterocycles. The van der Waals surface area contributed by atoms with Crippen LogP contribution in [0, 0.1) is 11.3 Å².